The number of ether oxygens (including phenoxy) is 2. The summed E-state index contributed by atoms with van der Waals surface area (Å²) < 4.78 is 10.7. The molecule has 0 bridgehead atoms. The van der Waals surface area contributed by atoms with E-state index in [2.05, 4.69) is 22.5 Å². The number of para-hydroxylation sites is 2. The quantitative estimate of drug-likeness (QED) is 0.644. The van der Waals surface area contributed by atoms with E-state index in [1.54, 1.807) is 25.4 Å². The Balaban J connectivity index is 1.78. The Labute approximate surface area is 148 Å². The van der Waals surface area contributed by atoms with Crippen LogP contribution in [0.3, 0.4) is 0 Å². The Hall–Kier alpha value is -2.76. The van der Waals surface area contributed by atoms with Crippen LogP contribution in [0.2, 0.25) is 0 Å². The number of hydrogen-bond donors (Lipinski definition) is 2. The zero-order valence-corrected chi connectivity index (χ0v) is 14.7. The van der Waals surface area contributed by atoms with Crippen LogP contribution in [0.15, 0.2) is 42.6 Å². The van der Waals surface area contributed by atoms with Crippen molar-refractivity contribution in [1.29, 1.82) is 0 Å². The smallest absolute Gasteiger partial charge is 0.262 e. The number of benzene rings is 1. The van der Waals surface area contributed by atoms with Gasteiger partial charge in [0.1, 0.15) is 5.82 Å². The third kappa shape index (κ3) is 6.33. The summed E-state index contributed by atoms with van der Waals surface area (Å²) in [6.07, 6.45) is 5.14. The largest absolute Gasteiger partial charge is 0.493 e. The third-order valence-electron chi connectivity index (χ3n) is 3.56. The molecule has 25 heavy (non-hydrogen) atoms. The molecule has 2 rings (SSSR count). The molecule has 2 N–H and O–H groups in total. The Morgan fingerprint density at radius 3 is 2.60 bits per heavy atom. The maximum Gasteiger partial charge on any atom is 0.262 e. The molecule has 0 aliphatic carbocycles. The number of carbonyl (C=O) groups is 1. The van der Waals surface area contributed by atoms with Crippen molar-refractivity contribution in [3.8, 4) is 11.5 Å². The molecule has 1 amide bonds. The summed E-state index contributed by atoms with van der Waals surface area (Å²) in [5.74, 6) is 1.68. The van der Waals surface area contributed by atoms with Crippen LogP contribution in [-0.4, -0.2) is 31.2 Å². The van der Waals surface area contributed by atoms with E-state index in [4.69, 9.17) is 9.47 Å². The van der Waals surface area contributed by atoms with Crippen LogP contribution in [0.5, 0.6) is 11.5 Å². The molecule has 1 aromatic carbocycles. The SMILES string of the molecule is CCCCCNc1ccc(NC(=O)COc2ccccc2OC)cn1. The number of pyridine rings is 1. The molecule has 0 aliphatic rings. The summed E-state index contributed by atoms with van der Waals surface area (Å²) >= 11 is 0. The predicted molar refractivity (Wildman–Crippen MR) is 99.4 cm³/mol. The Morgan fingerprint density at radius 2 is 1.92 bits per heavy atom. The minimum absolute atomic E-state index is 0.0998. The van der Waals surface area contributed by atoms with Gasteiger partial charge < -0.3 is 20.1 Å². The molecule has 0 fully saturated rings. The van der Waals surface area contributed by atoms with Crippen molar-refractivity contribution in [2.24, 2.45) is 0 Å². The van der Waals surface area contributed by atoms with Crippen molar-refractivity contribution in [3.63, 3.8) is 0 Å². The number of nitrogens with one attached hydrogen (secondary N) is 2. The first kappa shape index (κ1) is 18.6. The molecular weight excluding hydrogens is 318 g/mol. The van der Waals surface area contributed by atoms with E-state index >= 15 is 0 Å². The topological polar surface area (TPSA) is 72.5 Å². The molecule has 6 heteroatoms. The predicted octanol–water partition coefficient (Wildman–Crippen LogP) is 3.71. The fraction of sp³-hybridized carbons (Fsp3) is 0.368. The fourth-order valence-corrected chi connectivity index (χ4v) is 2.24. The average Bonchev–Trinajstić information content (AvgIpc) is 2.65. The lowest BCUT2D eigenvalue weighted by Crippen LogP contribution is -2.20. The Morgan fingerprint density at radius 1 is 1.12 bits per heavy atom. The minimum Gasteiger partial charge on any atom is -0.493 e. The number of carbonyl (C=O) groups excluding carboxylic acids is 1. The summed E-state index contributed by atoms with van der Waals surface area (Å²) in [6.45, 7) is 2.98. The molecule has 1 aromatic heterocycles. The van der Waals surface area contributed by atoms with Gasteiger partial charge in [-0.05, 0) is 30.7 Å². The summed E-state index contributed by atoms with van der Waals surface area (Å²) in [5.41, 5.74) is 0.632. The van der Waals surface area contributed by atoms with Crippen LogP contribution in [0.1, 0.15) is 26.2 Å². The van der Waals surface area contributed by atoms with Gasteiger partial charge in [-0.2, -0.15) is 0 Å². The van der Waals surface area contributed by atoms with E-state index in [0.29, 0.717) is 17.2 Å². The number of unbranched alkanes of at least 4 members (excludes halogenated alkanes) is 2. The van der Waals surface area contributed by atoms with E-state index in [1.807, 2.05) is 24.3 Å². The number of rotatable bonds is 10. The van der Waals surface area contributed by atoms with Crippen molar-refractivity contribution in [1.82, 2.24) is 4.98 Å². The van der Waals surface area contributed by atoms with Gasteiger partial charge in [0.15, 0.2) is 18.1 Å². The second kappa shape index (κ2) is 10.2. The number of anilines is 2. The lowest BCUT2D eigenvalue weighted by Gasteiger charge is -2.11. The van der Waals surface area contributed by atoms with Crippen LogP contribution in [-0.2, 0) is 4.79 Å². The normalized spacial score (nSPS) is 10.2. The van der Waals surface area contributed by atoms with Crippen LogP contribution < -0.4 is 20.1 Å². The molecule has 0 spiro atoms. The van der Waals surface area contributed by atoms with Crippen molar-refractivity contribution >= 4 is 17.4 Å². The van der Waals surface area contributed by atoms with Crippen LogP contribution >= 0.6 is 0 Å². The molecule has 2 aromatic rings. The number of hydrogen-bond acceptors (Lipinski definition) is 5. The van der Waals surface area contributed by atoms with Gasteiger partial charge in [0.2, 0.25) is 0 Å². The molecule has 0 radical (unpaired) electrons. The second-order valence-electron chi connectivity index (χ2n) is 5.55. The van der Waals surface area contributed by atoms with Crippen molar-refractivity contribution < 1.29 is 14.3 Å². The van der Waals surface area contributed by atoms with E-state index < -0.39 is 0 Å². The van der Waals surface area contributed by atoms with Gasteiger partial charge in [-0.1, -0.05) is 31.9 Å². The number of aromatic nitrogens is 1. The Kier molecular flexibility index (Phi) is 7.56. The number of methoxy groups -OCH3 is 1. The Bertz CT molecular complexity index is 659. The average molecular weight is 343 g/mol. The molecule has 0 atom stereocenters. The van der Waals surface area contributed by atoms with Gasteiger partial charge >= 0.3 is 0 Å². The standard InChI is InChI=1S/C19H25N3O3/c1-3-4-7-12-20-18-11-10-15(13-21-18)22-19(23)14-25-17-9-6-5-8-16(17)24-2/h5-6,8-11,13H,3-4,7,12,14H2,1-2H3,(H,20,21)(H,22,23). The van der Waals surface area contributed by atoms with Gasteiger partial charge in [0, 0.05) is 6.54 Å². The monoisotopic (exact) mass is 343 g/mol. The van der Waals surface area contributed by atoms with Crippen molar-refractivity contribution in [2.45, 2.75) is 26.2 Å². The van der Waals surface area contributed by atoms with Crippen LogP contribution in [0.25, 0.3) is 0 Å². The van der Waals surface area contributed by atoms with Gasteiger partial charge in [-0.3, -0.25) is 4.79 Å². The first-order valence-corrected chi connectivity index (χ1v) is 8.48. The third-order valence-corrected chi connectivity index (χ3v) is 3.56. The van der Waals surface area contributed by atoms with E-state index in [1.165, 1.54) is 12.8 Å². The highest BCUT2D eigenvalue weighted by molar-refractivity contribution is 5.91. The summed E-state index contributed by atoms with van der Waals surface area (Å²) in [6, 6.07) is 10.9. The molecule has 134 valence electrons. The van der Waals surface area contributed by atoms with E-state index in [-0.39, 0.29) is 12.5 Å². The fourth-order valence-electron chi connectivity index (χ4n) is 2.24. The van der Waals surface area contributed by atoms with Crippen molar-refractivity contribution in [3.05, 3.63) is 42.6 Å². The van der Waals surface area contributed by atoms with Crippen LogP contribution in [0.4, 0.5) is 11.5 Å². The number of nitrogens with zero attached hydrogens (tertiary/aromatic N) is 1. The minimum atomic E-state index is -0.253. The number of amides is 1. The molecule has 0 aliphatic heterocycles. The zero-order valence-electron chi connectivity index (χ0n) is 14.7. The van der Waals surface area contributed by atoms with E-state index in [9.17, 15) is 4.79 Å². The second-order valence-corrected chi connectivity index (χ2v) is 5.55. The highest BCUT2D eigenvalue weighted by Crippen LogP contribution is 2.25. The van der Waals surface area contributed by atoms with Crippen LogP contribution in [0, 0.1) is 0 Å². The zero-order chi connectivity index (χ0) is 17.9. The first-order chi connectivity index (χ1) is 12.2. The lowest BCUT2D eigenvalue weighted by atomic mass is 10.2. The molecule has 0 unspecified atom stereocenters. The van der Waals surface area contributed by atoms with Gasteiger partial charge in [0.25, 0.3) is 5.91 Å². The molecule has 6 nitrogen and oxygen atoms in total. The summed E-state index contributed by atoms with van der Waals surface area (Å²) in [7, 11) is 1.56. The molecular formula is C19H25N3O3. The molecule has 0 saturated carbocycles. The maximum atomic E-state index is 12.0. The van der Waals surface area contributed by atoms with Gasteiger partial charge in [0.05, 0.1) is 19.0 Å². The summed E-state index contributed by atoms with van der Waals surface area (Å²) in [4.78, 5) is 16.3. The highest BCUT2D eigenvalue weighted by Gasteiger charge is 2.07. The highest BCUT2D eigenvalue weighted by atomic mass is 16.5. The maximum absolute atomic E-state index is 12.0. The van der Waals surface area contributed by atoms with Crippen molar-refractivity contribution in [2.75, 3.05) is 30.9 Å². The van der Waals surface area contributed by atoms with Gasteiger partial charge in [-0.25, -0.2) is 4.98 Å². The molecule has 1 heterocycles. The van der Waals surface area contributed by atoms with Gasteiger partial charge in [-0.15, -0.1) is 0 Å². The van der Waals surface area contributed by atoms with E-state index in [0.717, 1.165) is 18.8 Å². The lowest BCUT2D eigenvalue weighted by molar-refractivity contribution is -0.118. The summed E-state index contributed by atoms with van der Waals surface area (Å²) in [5, 5.41) is 6.02. The molecule has 0 saturated heterocycles. The first-order valence-electron chi connectivity index (χ1n) is 8.48.